The molecule has 0 aromatic heterocycles. The second-order valence-corrected chi connectivity index (χ2v) is 6.47. The number of carbonyl (C=O) groups excluding carboxylic acids is 1. The maximum atomic E-state index is 12.4. The molecule has 1 N–H and O–H groups in total. The van der Waals surface area contributed by atoms with E-state index < -0.39 is 0 Å². The normalized spacial score (nSPS) is 12.3. The summed E-state index contributed by atoms with van der Waals surface area (Å²) in [4.78, 5) is 14.4. The summed E-state index contributed by atoms with van der Waals surface area (Å²) in [5.41, 5.74) is 2.99. The fraction of sp³-hybridized carbons (Fsp3) is 0.278. The van der Waals surface area contributed by atoms with Gasteiger partial charge in [0.05, 0.1) is 16.8 Å². The molecule has 0 saturated heterocycles. The van der Waals surface area contributed by atoms with Gasteiger partial charge in [-0.1, -0.05) is 47.5 Å². The van der Waals surface area contributed by atoms with E-state index in [2.05, 4.69) is 24.4 Å². The third-order valence-electron chi connectivity index (χ3n) is 3.91. The SMILES string of the molecule is Cc1ccccc1CN(C)C(C)C(=O)Nc1ccc(Cl)cc1Cl. The van der Waals surface area contributed by atoms with E-state index in [9.17, 15) is 4.79 Å². The highest BCUT2D eigenvalue weighted by molar-refractivity contribution is 6.36. The lowest BCUT2D eigenvalue weighted by molar-refractivity contribution is -0.120. The summed E-state index contributed by atoms with van der Waals surface area (Å²) in [6, 6.07) is 12.9. The highest BCUT2D eigenvalue weighted by Gasteiger charge is 2.19. The van der Waals surface area contributed by atoms with Crippen LogP contribution in [0.3, 0.4) is 0 Å². The van der Waals surface area contributed by atoms with Gasteiger partial charge >= 0.3 is 0 Å². The molecule has 0 fully saturated rings. The molecule has 0 aliphatic rings. The molecule has 0 aliphatic heterocycles. The number of carbonyl (C=O) groups is 1. The smallest absolute Gasteiger partial charge is 0.241 e. The first-order chi connectivity index (χ1) is 10.9. The van der Waals surface area contributed by atoms with Crippen molar-refractivity contribution in [3.63, 3.8) is 0 Å². The van der Waals surface area contributed by atoms with Crippen molar-refractivity contribution in [3.8, 4) is 0 Å². The average molecular weight is 351 g/mol. The average Bonchev–Trinajstić information content (AvgIpc) is 2.51. The van der Waals surface area contributed by atoms with E-state index in [-0.39, 0.29) is 11.9 Å². The number of nitrogens with one attached hydrogen (secondary N) is 1. The number of likely N-dealkylation sites (N-methyl/N-ethyl adjacent to an activating group) is 1. The van der Waals surface area contributed by atoms with Gasteiger partial charge in [-0.3, -0.25) is 9.69 Å². The number of halogens is 2. The largest absolute Gasteiger partial charge is 0.323 e. The Balaban J connectivity index is 2.02. The van der Waals surface area contributed by atoms with Gasteiger partial charge in [0.1, 0.15) is 0 Å². The minimum atomic E-state index is -0.290. The minimum absolute atomic E-state index is 0.106. The van der Waals surface area contributed by atoms with Crippen molar-refractivity contribution in [1.29, 1.82) is 0 Å². The Labute approximate surface area is 147 Å². The summed E-state index contributed by atoms with van der Waals surface area (Å²) in [6.07, 6.45) is 0. The zero-order valence-corrected chi connectivity index (χ0v) is 14.9. The number of hydrogen-bond donors (Lipinski definition) is 1. The first-order valence-corrected chi connectivity index (χ1v) is 8.14. The molecule has 0 aliphatic carbocycles. The van der Waals surface area contributed by atoms with Gasteiger partial charge < -0.3 is 5.32 Å². The summed E-state index contributed by atoms with van der Waals surface area (Å²) >= 11 is 12.0. The van der Waals surface area contributed by atoms with Crippen LogP contribution in [-0.4, -0.2) is 23.9 Å². The summed E-state index contributed by atoms with van der Waals surface area (Å²) in [7, 11) is 1.93. The van der Waals surface area contributed by atoms with Crippen molar-refractivity contribution < 1.29 is 4.79 Å². The Hall–Kier alpha value is -1.55. The molecule has 5 heteroatoms. The van der Waals surface area contributed by atoms with Crippen molar-refractivity contribution in [3.05, 3.63) is 63.6 Å². The van der Waals surface area contributed by atoms with E-state index in [4.69, 9.17) is 23.2 Å². The van der Waals surface area contributed by atoms with Crippen molar-refractivity contribution in [2.75, 3.05) is 12.4 Å². The van der Waals surface area contributed by atoms with Crippen LogP contribution in [0.4, 0.5) is 5.69 Å². The van der Waals surface area contributed by atoms with Gasteiger partial charge in [0.2, 0.25) is 5.91 Å². The quantitative estimate of drug-likeness (QED) is 0.842. The van der Waals surface area contributed by atoms with Crippen molar-refractivity contribution in [1.82, 2.24) is 4.90 Å². The minimum Gasteiger partial charge on any atom is -0.323 e. The molecule has 2 rings (SSSR count). The van der Waals surface area contributed by atoms with Gasteiger partial charge in [0, 0.05) is 11.6 Å². The lowest BCUT2D eigenvalue weighted by Crippen LogP contribution is -2.39. The number of aryl methyl sites for hydroxylation is 1. The number of benzene rings is 2. The highest BCUT2D eigenvalue weighted by Crippen LogP contribution is 2.25. The molecule has 0 heterocycles. The molecule has 1 atom stereocenters. The Morgan fingerprint density at radius 1 is 1.22 bits per heavy atom. The van der Waals surface area contributed by atoms with Gasteiger partial charge in [-0.25, -0.2) is 0 Å². The van der Waals surface area contributed by atoms with Crippen LogP contribution < -0.4 is 5.32 Å². The predicted molar refractivity (Wildman–Crippen MR) is 97.2 cm³/mol. The predicted octanol–water partition coefficient (Wildman–Crippen LogP) is 4.76. The number of anilines is 1. The topological polar surface area (TPSA) is 32.3 Å². The fourth-order valence-electron chi connectivity index (χ4n) is 2.22. The molecule has 3 nitrogen and oxygen atoms in total. The van der Waals surface area contributed by atoms with Gasteiger partial charge in [-0.2, -0.15) is 0 Å². The summed E-state index contributed by atoms with van der Waals surface area (Å²) in [6.45, 7) is 4.65. The Morgan fingerprint density at radius 2 is 1.91 bits per heavy atom. The highest BCUT2D eigenvalue weighted by atomic mass is 35.5. The third-order valence-corrected chi connectivity index (χ3v) is 4.46. The second kappa shape index (κ2) is 7.82. The molecule has 2 aromatic carbocycles. The molecular formula is C18H20Cl2N2O. The number of nitrogens with zero attached hydrogens (tertiary/aromatic N) is 1. The van der Waals surface area contributed by atoms with Crippen LogP contribution in [0, 0.1) is 6.92 Å². The summed E-state index contributed by atoms with van der Waals surface area (Å²) < 4.78 is 0. The van der Waals surface area contributed by atoms with Crippen LogP contribution >= 0.6 is 23.2 Å². The van der Waals surface area contributed by atoms with Crippen LogP contribution in [0.15, 0.2) is 42.5 Å². The first-order valence-electron chi connectivity index (χ1n) is 7.39. The lowest BCUT2D eigenvalue weighted by atomic mass is 10.1. The molecule has 1 amide bonds. The Bertz CT molecular complexity index is 703. The molecule has 0 spiro atoms. The van der Waals surface area contributed by atoms with Crippen LogP contribution in [0.5, 0.6) is 0 Å². The van der Waals surface area contributed by atoms with E-state index in [1.165, 1.54) is 11.1 Å². The standard InChI is InChI=1S/C18H20Cl2N2O/c1-12-6-4-5-7-14(12)11-22(3)13(2)18(23)21-17-9-8-15(19)10-16(17)20/h4-10,13H,11H2,1-3H3,(H,21,23). The Morgan fingerprint density at radius 3 is 2.57 bits per heavy atom. The zero-order chi connectivity index (χ0) is 17.0. The van der Waals surface area contributed by atoms with E-state index >= 15 is 0 Å². The maximum absolute atomic E-state index is 12.4. The van der Waals surface area contributed by atoms with E-state index in [0.29, 0.717) is 22.3 Å². The molecule has 2 aromatic rings. The zero-order valence-electron chi connectivity index (χ0n) is 13.4. The van der Waals surface area contributed by atoms with Crippen LogP contribution in [0.2, 0.25) is 10.0 Å². The van der Waals surface area contributed by atoms with Gasteiger partial charge in [0.15, 0.2) is 0 Å². The van der Waals surface area contributed by atoms with Crippen molar-refractivity contribution in [2.45, 2.75) is 26.4 Å². The van der Waals surface area contributed by atoms with Gasteiger partial charge in [-0.15, -0.1) is 0 Å². The van der Waals surface area contributed by atoms with Crippen LogP contribution in [-0.2, 0) is 11.3 Å². The first kappa shape index (κ1) is 17.8. The number of rotatable bonds is 5. The maximum Gasteiger partial charge on any atom is 0.241 e. The van der Waals surface area contributed by atoms with E-state index in [1.807, 2.05) is 31.0 Å². The summed E-state index contributed by atoms with van der Waals surface area (Å²) in [5.74, 6) is -0.106. The molecular weight excluding hydrogens is 331 g/mol. The van der Waals surface area contributed by atoms with Gasteiger partial charge in [0.25, 0.3) is 0 Å². The second-order valence-electron chi connectivity index (χ2n) is 5.63. The number of hydrogen-bond acceptors (Lipinski definition) is 2. The lowest BCUT2D eigenvalue weighted by Gasteiger charge is -2.24. The summed E-state index contributed by atoms with van der Waals surface area (Å²) in [5, 5.41) is 3.82. The fourth-order valence-corrected chi connectivity index (χ4v) is 2.68. The third kappa shape index (κ3) is 4.71. The van der Waals surface area contributed by atoms with E-state index in [1.54, 1.807) is 18.2 Å². The Kier molecular flexibility index (Phi) is 6.05. The molecule has 0 radical (unpaired) electrons. The number of amides is 1. The molecule has 0 saturated carbocycles. The van der Waals surface area contributed by atoms with Crippen molar-refractivity contribution in [2.24, 2.45) is 0 Å². The van der Waals surface area contributed by atoms with Crippen molar-refractivity contribution >= 4 is 34.8 Å². The molecule has 1 unspecified atom stereocenters. The molecule has 0 bridgehead atoms. The van der Waals surface area contributed by atoms with Gasteiger partial charge in [-0.05, 0) is 50.2 Å². The molecule has 23 heavy (non-hydrogen) atoms. The van der Waals surface area contributed by atoms with Crippen LogP contribution in [0.25, 0.3) is 0 Å². The van der Waals surface area contributed by atoms with E-state index in [0.717, 1.165) is 0 Å². The molecule has 122 valence electrons. The monoisotopic (exact) mass is 350 g/mol. The van der Waals surface area contributed by atoms with Crippen LogP contribution in [0.1, 0.15) is 18.1 Å².